The highest BCUT2D eigenvalue weighted by molar-refractivity contribution is 14.0. The number of thiazole rings is 1. The van der Waals surface area contributed by atoms with Crippen LogP contribution < -0.4 is 5.32 Å². The number of halogens is 3. The predicted molar refractivity (Wildman–Crippen MR) is 112 cm³/mol. The molecule has 0 bridgehead atoms. The first kappa shape index (κ1) is 21.0. The Balaban J connectivity index is 0.00000243. The average molecular weight is 492 g/mol. The molecule has 0 spiro atoms. The molecule has 2 aromatic rings. The van der Waals surface area contributed by atoms with Gasteiger partial charge >= 0.3 is 0 Å². The number of benzene rings is 1. The molecule has 0 unspecified atom stereocenters. The summed E-state index contributed by atoms with van der Waals surface area (Å²) in [5, 5.41) is 4.15. The minimum Gasteiger partial charge on any atom is -0.352 e. The molecule has 1 aromatic carbocycles. The molecule has 1 aliphatic rings. The number of nitrogens with zero attached hydrogens (tertiary/aromatic N) is 3. The summed E-state index contributed by atoms with van der Waals surface area (Å²) in [5.41, 5.74) is 1.52. The lowest BCUT2D eigenvalue weighted by Crippen LogP contribution is -2.38. The van der Waals surface area contributed by atoms with Crippen molar-refractivity contribution in [3.05, 3.63) is 51.0 Å². The van der Waals surface area contributed by atoms with Gasteiger partial charge in [0.1, 0.15) is 16.6 Å². The molecule has 4 nitrogen and oxygen atoms in total. The van der Waals surface area contributed by atoms with Gasteiger partial charge in [0.25, 0.3) is 0 Å². The van der Waals surface area contributed by atoms with E-state index in [1.807, 2.05) is 11.9 Å². The molecule has 1 N–H and O–H groups in total. The van der Waals surface area contributed by atoms with Gasteiger partial charge in [-0.2, -0.15) is 0 Å². The van der Waals surface area contributed by atoms with Crippen molar-refractivity contribution < 1.29 is 8.78 Å². The molecule has 0 saturated carbocycles. The zero-order valence-corrected chi connectivity index (χ0v) is 18.0. The standard InChI is InChI=1S/C18H22F2N4S.HI/c1-21-18(22-10-12-9-13(19)7-8-14(12)20)24(2)11-17-23-15-5-3-4-6-16(15)25-17;/h7-9H,3-6,10-11H2,1-2H3,(H,21,22);1H. The Bertz CT molecular complexity index is 755. The van der Waals surface area contributed by atoms with E-state index < -0.39 is 11.6 Å². The van der Waals surface area contributed by atoms with Crippen molar-refractivity contribution in [2.45, 2.75) is 38.8 Å². The van der Waals surface area contributed by atoms with Crippen molar-refractivity contribution in [2.24, 2.45) is 4.99 Å². The van der Waals surface area contributed by atoms with Crippen LogP contribution in [0.3, 0.4) is 0 Å². The molecule has 0 saturated heterocycles. The lowest BCUT2D eigenvalue weighted by molar-refractivity contribution is 0.472. The van der Waals surface area contributed by atoms with Crippen LogP contribution in [-0.2, 0) is 25.9 Å². The van der Waals surface area contributed by atoms with E-state index in [1.54, 1.807) is 18.4 Å². The molecule has 142 valence electrons. The molecular weight excluding hydrogens is 469 g/mol. The van der Waals surface area contributed by atoms with E-state index in [0.717, 1.165) is 30.0 Å². The largest absolute Gasteiger partial charge is 0.352 e. The zero-order chi connectivity index (χ0) is 17.8. The van der Waals surface area contributed by atoms with Gasteiger partial charge in [0.2, 0.25) is 0 Å². The lowest BCUT2D eigenvalue weighted by Gasteiger charge is -2.21. The van der Waals surface area contributed by atoms with Gasteiger partial charge in [0.05, 0.1) is 12.2 Å². The first-order chi connectivity index (χ1) is 12.1. The summed E-state index contributed by atoms with van der Waals surface area (Å²) in [6.45, 7) is 0.817. The second-order valence-electron chi connectivity index (χ2n) is 6.18. The Labute approximate surface area is 173 Å². The highest BCUT2D eigenvalue weighted by atomic mass is 127. The topological polar surface area (TPSA) is 40.5 Å². The van der Waals surface area contributed by atoms with Crippen LogP contribution in [0.2, 0.25) is 0 Å². The van der Waals surface area contributed by atoms with Crippen LogP contribution in [0.15, 0.2) is 23.2 Å². The van der Waals surface area contributed by atoms with Crippen molar-refractivity contribution in [3.8, 4) is 0 Å². The summed E-state index contributed by atoms with van der Waals surface area (Å²) in [6.07, 6.45) is 4.66. The molecule has 0 amide bonds. The van der Waals surface area contributed by atoms with Crippen molar-refractivity contribution in [3.63, 3.8) is 0 Å². The van der Waals surface area contributed by atoms with E-state index in [0.29, 0.717) is 12.5 Å². The molecule has 0 aliphatic heterocycles. The normalized spacial score (nSPS) is 13.8. The van der Waals surface area contributed by atoms with Crippen LogP contribution in [0, 0.1) is 11.6 Å². The number of aliphatic imine (C=N–C) groups is 1. The van der Waals surface area contributed by atoms with E-state index >= 15 is 0 Å². The van der Waals surface area contributed by atoms with Gasteiger partial charge in [-0.3, -0.25) is 4.99 Å². The van der Waals surface area contributed by atoms with Crippen LogP contribution in [0.1, 0.15) is 34.0 Å². The monoisotopic (exact) mass is 492 g/mol. The second-order valence-corrected chi connectivity index (χ2v) is 7.35. The van der Waals surface area contributed by atoms with Crippen molar-refractivity contribution in [1.29, 1.82) is 0 Å². The van der Waals surface area contributed by atoms with E-state index in [2.05, 4.69) is 10.3 Å². The van der Waals surface area contributed by atoms with Crippen LogP contribution in [0.5, 0.6) is 0 Å². The second kappa shape index (κ2) is 9.59. The van der Waals surface area contributed by atoms with E-state index in [-0.39, 0.29) is 36.1 Å². The Morgan fingerprint density at radius 1 is 1.31 bits per heavy atom. The van der Waals surface area contributed by atoms with Gasteiger partial charge in [-0.1, -0.05) is 0 Å². The molecule has 3 rings (SSSR count). The third kappa shape index (κ3) is 5.12. The summed E-state index contributed by atoms with van der Waals surface area (Å²) in [6, 6.07) is 3.45. The number of fused-ring (bicyclic) bond motifs is 1. The molecule has 26 heavy (non-hydrogen) atoms. The Kier molecular flexibility index (Phi) is 7.75. The molecule has 0 fully saturated rings. The number of aryl methyl sites for hydroxylation is 2. The Hall–Kier alpha value is -1.29. The number of rotatable bonds is 4. The minimum absolute atomic E-state index is 0. The summed E-state index contributed by atoms with van der Waals surface area (Å²) in [4.78, 5) is 12.3. The number of hydrogen-bond acceptors (Lipinski definition) is 3. The molecule has 1 aromatic heterocycles. The van der Waals surface area contributed by atoms with Gasteiger partial charge < -0.3 is 10.2 Å². The van der Waals surface area contributed by atoms with E-state index in [9.17, 15) is 8.78 Å². The fourth-order valence-electron chi connectivity index (χ4n) is 2.99. The number of guanidine groups is 1. The molecule has 1 aliphatic carbocycles. The summed E-state index contributed by atoms with van der Waals surface area (Å²) < 4.78 is 27.0. The maximum atomic E-state index is 13.7. The summed E-state index contributed by atoms with van der Waals surface area (Å²) in [7, 11) is 3.59. The molecule has 8 heteroatoms. The quantitative estimate of drug-likeness (QED) is 0.397. The van der Waals surface area contributed by atoms with E-state index in [1.165, 1.54) is 29.5 Å². The maximum Gasteiger partial charge on any atom is 0.194 e. The fraction of sp³-hybridized carbons (Fsp3) is 0.444. The summed E-state index contributed by atoms with van der Waals surface area (Å²) >= 11 is 1.77. The third-order valence-corrected chi connectivity index (χ3v) is 5.42. The van der Waals surface area contributed by atoms with Gasteiger partial charge in [0.15, 0.2) is 5.96 Å². The van der Waals surface area contributed by atoms with Crippen LogP contribution in [0.4, 0.5) is 8.78 Å². The Morgan fingerprint density at radius 3 is 2.81 bits per heavy atom. The predicted octanol–water partition coefficient (Wildman–Crippen LogP) is 4.13. The first-order valence-corrected chi connectivity index (χ1v) is 9.21. The summed E-state index contributed by atoms with van der Waals surface area (Å²) in [5.74, 6) is -0.258. The number of hydrogen-bond donors (Lipinski definition) is 1. The maximum absolute atomic E-state index is 13.7. The van der Waals surface area contributed by atoms with Crippen molar-refractivity contribution in [1.82, 2.24) is 15.2 Å². The number of nitrogens with one attached hydrogen (secondary N) is 1. The smallest absolute Gasteiger partial charge is 0.194 e. The molecular formula is C18H23F2IN4S. The highest BCUT2D eigenvalue weighted by Gasteiger charge is 2.17. The van der Waals surface area contributed by atoms with E-state index in [4.69, 9.17) is 4.98 Å². The fourth-order valence-corrected chi connectivity index (χ4v) is 4.20. The van der Waals surface area contributed by atoms with Crippen LogP contribution >= 0.6 is 35.3 Å². The van der Waals surface area contributed by atoms with Gasteiger partial charge in [-0.15, -0.1) is 35.3 Å². The molecule has 0 atom stereocenters. The lowest BCUT2D eigenvalue weighted by atomic mass is 10.0. The highest BCUT2D eigenvalue weighted by Crippen LogP contribution is 2.27. The first-order valence-electron chi connectivity index (χ1n) is 8.40. The minimum atomic E-state index is -0.449. The van der Waals surface area contributed by atoms with Crippen LogP contribution in [0.25, 0.3) is 0 Å². The van der Waals surface area contributed by atoms with Gasteiger partial charge in [0, 0.05) is 31.1 Å². The third-order valence-electron chi connectivity index (χ3n) is 4.28. The SMILES string of the molecule is CN=C(NCc1cc(F)ccc1F)N(C)Cc1nc2c(s1)CCCC2.I. The van der Waals surface area contributed by atoms with Gasteiger partial charge in [-0.25, -0.2) is 13.8 Å². The molecule has 0 radical (unpaired) electrons. The number of aromatic nitrogens is 1. The van der Waals surface area contributed by atoms with Crippen LogP contribution in [-0.4, -0.2) is 29.9 Å². The molecule has 1 heterocycles. The average Bonchev–Trinajstić information content (AvgIpc) is 3.00. The van der Waals surface area contributed by atoms with Gasteiger partial charge in [-0.05, 0) is 43.9 Å². The zero-order valence-electron chi connectivity index (χ0n) is 14.9. The Morgan fingerprint density at radius 2 is 2.08 bits per heavy atom. The van der Waals surface area contributed by atoms with Crippen molar-refractivity contribution >= 4 is 41.3 Å². The van der Waals surface area contributed by atoms with Crippen molar-refractivity contribution in [2.75, 3.05) is 14.1 Å².